The van der Waals surface area contributed by atoms with Crippen molar-refractivity contribution in [2.24, 2.45) is 5.92 Å². The van der Waals surface area contributed by atoms with Gasteiger partial charge in [0.25, 0.3) is 5.91 Å². The molecule has 0 radical (unpaired) electrons. The standard InChI is InChI=1S/C29H23N3O5S2/c1-16-10-12-18(13-11-16)30-21(33)15-37-20-9-5-6-17(14-20)22-23-25(38-26-24(22)39-29(36)31-26)28(35)32(27(23)34)19-7-3-2-4-8-19/h2-14,22-23,25H,15H2,1H3,(H,30,33)(H,31,36)/t22-,23?,25?/m1/s1. The fourth-order valence-corrected chi connectivity index (χ4v) is 7.50. The molecule has 10 heteroatoms. The summed E-state index contributed by atoms with van der Waals surface area (Å²) in [6.07, 6.45) is 0. The van der Waals surface area contributed by atoms with E-state index in [1.165, 1.54) is 16.7 Å². The summed E-state index contributed by atoms with van der Waals surface area (Å²) in [6, 6.07) is 23.5. The van der Waals surface area contributed by atoms with Gasteiger partial charge >= 0.3 is 4.87 Å². The van der Waals surface area contributed by atoms with Gasteiger partial charge < -0.3 is 15.0 Å². The van der Waals surface area contributed by atoms with Crippen LogP contribution in [-0.4, -0.2) is 34.6 Å². The van der Waals surface area contributed by atoms with Crippen molar-refractivity contribution < 1.29 is 19.1 Å². The number of benzene rings is 3. The molecule has 39 heavy (non-hydrogen) atoms. The lowest BCUT2D eigenvalue weighted by Crippen LogP contribution is -2.32. The van der Waals surface area contributed by atoms with Crippen LogP contribution in [0, 0.1) is 12.8 Å². The summed E-state index contributed by atoms with van der Waals surface area (Å²) in [5.74, 6) is -1.68. The van der Waals surface area contributed by atoms with E-state index in [-0.39, 0.29) is 29.2 Å². The molecular formula is C29H23N3O5S2. The Morgan fingerprint density at radius 2 is 1.74 bits per heavy atom. The summed E-state index contributed by atoms with van der Waals surface area (Å²) in [4.78, 5) is 56.6. The number of nitrogens with zero attached hydrogens (tertiary/aromatic N) is 1. The highest BCUT2D eigenvalue weighted by molar-refractivity contribution is 8.00. The number of carbonyl (C=O) groups is 3. The minimum absolute atomic E-state index is 0.203. The first-order valence-electron chi connectivity index (χ1n) is 12.3. The van der Waals surface area contributed by atoms with E-state index in [9.17, 15) is 19.2 Å². The van der Waals surface area contributed by atoms with Gasteiger partial charge in [-0.3, -0.25) is 19.2 Å². The molecule has 3 heterocycles. The second-order valence-electron chi connectivity index (χ2n) is 9.37. The average Bonchev–Trinajstić information content (AvgIpc) is 3.43. The minimum atomic E-state index is -0.693. The van der Waals surface area contributed by atoms with Gasteiger partial charge in [-0.1, -0.05) is 71.1 Å². The van der Waals surface area contributed by atoms with E-state index in [2.05, 4.69) is 10.3 Å². The van der Waals surface area contributed by atoms with Gasteiger partial charge in [-0.25, -0.2) is 4.90 Å². The molecule has 2 N–H and O–H groups in total. The van der Waals surface area contributed by atoms with Gasteiger partial charge in [-0.15, -0.1) is 0 Å². The zero-order chi connectivity index (χ0) is 27.1. The predicted molar refractivity (Wildman–Crippen MR) is 151 cm³/mol. The molecule has 196 valence electrons. The van der Waals surface area contributed by atoms with Crippen LogP contribution in [0.25, 0.3) is 0 Å². The SMILES string of the molecule is Cc1ccc(NC(=O)COc2cccc([C@H]3c4sc(=O)[nH]c4SC4C(=O)N(c5ccccc5)C(=O)C43)c2)cc1. The Bertz CT molecular complexity index is 1630. The molecule has 1 aromatic heterocycles. The zero-order valence-electron chi connectivity index (χ0n) is 20.7. The molecule has 4 aromatic rings. The lowest BCUT2D eigenvalue weighted by Gasteiger charge is -2.30. The molecular weight excluding hydrogens is 534 g/mol. The lowest BCUT2D eigenvalue weighted by atomic mass is 9.83. The Hall–Kier alpha value is -4.15. The van der Waals surface area contributed by atoms with Gasteiger partial charge in [-0.05, 0) is 48.9 Å². The normalized spacial score (nSPS) is 19.9. The van der Waals surface area contributed by atoms with Crippen LogP contribution < -0.4 is 19.8 Å². The number of hydrogen-bond acceptors (Lipinski definition) is 7. The largest absolute Gasteiger partial charge is 0.484 e. The van der Waals surface area contributed by atoms with Crippen LogP contribution in [0.15, 0.2) is 88.7 Å². The number of fused-ring (bicyclic) bond motifs is 2. The van der Waals surface area contributed by atoms with Crippen molar-refractivity contribution in [2.75, 3.05) is 16.8 Å². The van der Waals surface area contributed by atoms with E-state index in [1.807, 2.05) is 43.3 Å². The number of rotatable bonds is 6. The van der Waals surface area contributed by atoms with E-state index in [1.54, 1.807) is 42.5 Å². The monoisotopic (exact) mass is 557 g/mol. The maximum atomic E-state index is 13.8. The van der Waals surface area contributed by atoms with Crippen molar-refractivity contribution in [2.45, 2.75) is 23.1 Å². The van der Waals surface area contributed by atoms with Crippen LogP contribution in [-0.2, 0) is 14.4 Å². The van der Waals surface area contributed by atoms with Crippen LogP contribution in [0.3, 0.4) is 0 Å². The number of anilines is 2. The first-order valence-corrected chi connectivity index (χ1v) is 14.0. The number of hydrogen-bond donors (Lipinski definition) is 2. The number of imide groups is 1. The molecule has 3 atom stereocenters. The number of aromatic amines is 1. The summed E-state index contributed by atoms with van der Waals surface area (Å²) in [6.45, 7) is 1.77. The topological polar surface area (TPSA) is 109 Å². The Kier molecular flexibility index (Phi) is 6.58. The van der Waals surface area contributed by atoms with E-state index >= 15 is 0 Å². The number of thiazole rings is 1. The summed E-state index contributed by atoms with van der Waals surface area (Å²) < 4.78 is 5.79. The van der Waals surface area contributed by atoms with E-state index < -0.39 is 17.1 Å². The second kappa shape index (κ2) is 10.2. The van der Waals surface area contributed by atoms with Gasteiger partial charge in [0.1, 0.15) is 11.0 Å². The molecule has 2 aliphatic rings. The highest BCUT2D eigenvalue weighted by Gasteiger charge is 2.56. The van der Waals surface area contributed by atoms with Crippen LogP contribution in [0.2, 0.25) is 0 Å². The van der Waals surface area contributed by atoms with Crippen molar-refractivity contribution in [3.05, 3.63) is 105 Å². The number of ether oxygens (including phenoxy) is 1. The van der Waals surface area contributed by atoms with Crippen molar-refractivity contribution in [3.63, 3.8) is 0 Å². The van der Waals surface area contributed by atoms with Crippen molar-refractivity contribution in [3.8, 4) is 5.75 Å². The molecule has 3 aromatic carbocycles. The zero-order valence-corrected chi connectivity index (χ0v) is 22.4. The lowest BCUT2D eigenvalue weighted by molar-refractivity contribution is -0.122. The summed E-state index contributed by atoms with van der Waals surface area (Å²) in [5, 5.41) is 2.73. The molecule has 1 saturated heterocycles. The Morgan fingerprint density at radius 1 is 0.974 bits per heavy atom. The summed E-state index contributed by atoms with van der Waals surface area (Å²) >= 11 is 2.29. The fraction of sp³-hybridized carbons (Fsp3) is 0.172. The molecule has 3 amide bonds. The predicted octanol–water partition coefficient (Wildman–Crippen LogP) is 4.56. The number of aromatic nitrogens is 1. The molecule has 2 aliphatic heterocycles. The highest BCUT2D eigenvalue weighted by Crippen LogP contribution is 2.53. The second-order valence-corrected chi connectivity index (χ2v) is 11.5. The molecule has 6 rings (SSSR count). The van der Waals surface area contributed by atoms with Gasteiger partial charge in [-0.2, -0.15) is 0 Å². The van der Waals surface area contributed by atoms with Gasteiger partial charge in [0.15, 0.2) is 6.61 Å². The van der Waals surface area contributed by atoms with Crippen LogP contribution >= 0.6 is 23.1 Å². The molecule has 1 fully saturated rings. The van der Waals surface area contributed by atoms with Crippen LogP contribution in [0.4, 0.5) is 11.4 Å². The molecule has 0 spiro atoms. The van der Waals surface area contributed by atoms with Crippen molar-refractivity contribution >= 4 is 52.2 Å². The van der Waals surface area contributed by atoms with Gasteiger partial charge in [0, 0.05) is 16.5 Å². The quantitative estimate of drug-likeness (QED) is 0.337. The van der Waals surface area contributed by atoms with E-state index in [4.69, 9.17) is 4.74 Å². The van der Waals surface area contributed by atoms with Crippen molar-refractivity contribution in [1.82, 2.24) is 4.98 Å². The van der Waals surface area contributed by atoms with Gasteiger partial charge in [0.2, 0.25) is 11.8 Å². The number of carbonyl (C=O) groups excluding carboxylic acids is 3. The Balaban J connectivity index is 1.28. The first kappa shape index (κ1) is 25.1. The molecule has 2 unspecified atom stereocenters. The van der Waals surface area contributed by atoms with E-state index in [0.29, 0.717) is 22.2 Å². The third-order valence-electron chi connectivity index (χ3n) is 6.76. The Morgan fingerprint density at radius 3 is 2.51 bits per heavy atom. The van der Waals surface area contributed by atoms with Gasteiger partial charge in [0.05, 0.1) is 16.6 Å². The molecule has 0 bridgehead atoms. The number of thioether (sulfide) groups is 1. The number of amides is 3. The average molecular weight is 558 g/mol. The number of para-hydroxylation sites is 1. The van der Waals surface area contributed by atoms with Crippen LogP contribution in [0.5, 0.6) is 5.75 Å². The number of H-pyrrole nitrogens is 1. The van der Waals surface area contributed by atoms with Crippen LogP contribution in [0.1, 0.15) is 21.9 Å². The molecule has 0 saturated carbocycles. The minimum Gasteiger partial charge on any atom is -0.484 e. The first-order chi connectivity index (χ1) is 18.9. The third-order valence-corrected chi connectivity index (χ3v) is 9.16. The van der Waals surface area contributed by atoms with Crippen molar-refractivity contribution in [1.29, 1.82) is 0 Å². The maximum absolute atomic E-state index is 13.8. The third kappa shape index (κ3) is 4.77. The fourth-order valence-electron chi connectivity index (χ4n) is 4.99. The number of nitrogens with one attached hydrogen (secondary N) is 2. The molecule has 8 nitrogen and oxygen atoms in total. The smallest absolute Gasteiger partial charge is 0.305 e. The highest BCUT2D eigenvalue weighted by atomic mass is 32.2. The molecule has 0 aliphatic carbocycles. The maximum Gasteiger partial charge on any atom is 0.305 e. The summed E-state index contributed by atoms with van der Waals surface area (Å²) in [7, 11) is 0. The number of aryl methyl sites for hydroxylation is 1. The Labute approximate surface area is 232 Å². The summed E-state index contributed by atoms with van der Waals surface area (Å²) in [5.41, 5.74) is 3.02. The van der Waals surface area contributed by atoms with E-state index in [0.717, 1.165) is 27.3 Å².